The van der Waals surface area contributed by atoms with E-state index in [1.54, 1.807) is 22.6 Å². The number of likely N-dealkylation sites (tertiary alicyclic amines) is 2. The predicted octanol–water partition coefficient (Wildman–Crippen LogP) is 4.69. The van der Waals surface area contributed by atoms with E-state index in [0.29, 0.717) is 57.4 Å². The summed E-state index contributed by atoms with van der Waals surface area (Å²) in [5, 5.41) is 7.42. The molecule has 3 fully saturated rings. The minimum atomic E-state index is -0.963. The van der Waals surface area contributed by atoms with Gasteiger partial charge in [-0.25, -0.2) is 9.59 Å². The Bertz CT molecular complexity index is 1790. The van der Waals surface area contributed by atoms with Gasteiger partial charge in [-0.2, -0.15) is 0 Å². The molecule has 4 amide bonds. The van der Waals surface area contributed by atoms with E-state index in [2.05, 4.69) is 10.6 Å². The molecule has 5 heterocycles. The first kappa shape index (κ1) is 34.1. The van der Waals surface area contributed by atoms with Crippen LogP contribution in [0.5, 0.6) is 0 Å². The van der Waals surface area contributed by atoms with Crippen molar-refractivity contribution in [3.8, 4) is 0 Å². The summed E-state index contributed by atoms with van der Waals surface area (Å²) >= 11 is 0. The zero-order chi connectivity index (χ0) is 34.8. The monoisotopic (exact) mass is 682 g/mol. The number of carbonyl (C=O) groups excluding carboxylic acids is 3. The Labute approximate surface area is 293 Å². The van der Waals surface area contributed by atoms with Gasteiger partial charge in [0.05, 0.1) is 5.52 Å². The van der Waals surface area contributed by atoms with Crippen LogP contribution in [-0.2, 0) is 29.4 Å². The number of aromatic nitrogens is 1. The molecule has 4 aliphatic rings. The number of pyridine rings is 1. The molecule has 0 unspecified atom stereocenters. The number of urea groups is 1. The van der Waals surface area contributed by atoms with Crippen LogP contribution in [-0.4, -0.2) is 95.3 Å². The van der Waals surface area contributed by atoms with Gasteiger partial charge < -0.3 is 34.6 Å². The van der Waals surface area contributed by atoms with Crippen molar-refractivity contribution < 1.29 is 19.1 Å². The van der Waals surface area contributed by atoms with Crippen molar-refractivity contribution in [3.63, 3.8) is 0 Å². The van der Waals surface area contributed by atoms with Crippen LogP contribution < -0.4 is 16.2 Å². The molecule has 11 heteroatoms. The number of aryl methyl sites for hydroxylation is 2. The molecule has 2 aromatic carbocycles. The number of ether oxygens (including phenoxy) is 1. The number of para-hydroxylation sites is 1. The molecule has 0 saturated carbocycles. The third kappa shape index (κ3) is 7.24. The summed E-state index contributed by atoms with van der Waals surface area (Å²) in [7, 11) is 1.76. The molecule has 4 aliphatic heterocycles. The van der Waals surface area contributed by atoms with Gasteiger partial charge in [-0.3, -0.25) is 9.59 Å². The van der Waals surface area contributed by atoms with Crippen LogP contribution in [0.1, 0.15) is 55.2 Å². The number of anilines is 1. The van der Waals surface area contributed by atoms with Crippen molar-refractivity contribution in [2.24, 2.45) is 18.9 Å². The molecule has 11 nitrogen and oxygen atoms in total. The van der Waals surface area contributed by atoms with Gasteiger partial charge in [-0.15, -0.1) is 0 Å². The van der Waals surface area contributed by atoms with Gasteiger partial charge in [0.1, 0.15) is 0 Å². The van der Waals surface area contributed by atoms with Crippen LogP contribution in [0, 0.1) is 18.8 Å². The maximum atomic E-state index is 14.2. The average Bonchev–Trinajstić information content (AvgIpc) is 3.31. The Morgan fingerprint density at radius 2 is 1.56 bits per heavy atom. The summed E-state index contributed by atoms with van der Waals surface area (Å²) in [6.45, 7) is 6.98. The number of rotatable bonds is 6. The standard InChI is InChI=1S/C39H50N6O5/c1-26-23-27(24-31-7-8-35(46)42(2)36(26)31)25-34(37(47)43-18-11-29(12-19-43)28-9-16-40-17-10-28)50-39(49)44-20-14-32(15-21-44)45-22-13-30-5-3-4-6-33(30)41-38(45)48/h3-8,23-24,28-29,32,34,40H,9-22,25H2,1-2H3,(H,41,48)/t34-/m1/s1. The molecule has 3 saturated heterocycles. The summed E-state index contributed by atoms with van der Waals surface area (Å²) in [4.78, 5) is 58.9. The molecular formula is C39H50N6O5. The van der Waals surface area contributed by atoms with E-state index >= 15 is 0 Å². The van der Waals surface area contributed by atoms with Crippen molar-refractivity contribution in [2.75, 3.05) is 51.1 Å². The molecule has 1 atom stereocenters. The second-order valence-corrected chi connectivity index (χ2v) is 14.7. The Balaban J connectivity index is 1.03. The van der Waals surface area contributed by atoms with Crippen LogP contribution in [0.25, 0.3) is 10.9 Å². The highest BCUT2D eigenvalue weighted by Crippen LogP contribution is 2.32. The van der Waals surface area contributed by atoms with Gasteiger partial charge in [-0.05, 0) is 117 Å². The van der Waals surface area contributed by atoms with Gasteiger partial charge in [-0.1, -0.05) is 24.3 Å². The minimum absolute atomic E-state index is 0.0172. The van der Waals surface area contributed by atoms with E-state index in [1.807, 2.05) is 59.2 Å². The fourth-order valence-electron chi connectivity index (χ4n) is 8.77. The normalized spacial score (nSPS) is 20.3. The van der Waals surface area contributed by atoms with E-state index in [4.69, 9.17) is 4.74 Å². The lowest BCUT2D eigenvalue weighted by atomic mass is 9.79. The van der Waals surface area contributed by atoms with Crippen LogP contribution in [0.15, 0.2) is 53.3 Å². The van der Waals surface area contributed by atoms with Crippen molar-refractivity contribution in [3.05, 3.63) is 75.6 Å². The van der Waals surface area contributed by atoms with E-state index in [9.17, 15) is 19.2 Å². The third-order valence-corrected chi connectivity index (χ3v) is 11.6. The van der Waals surface area contributed by atoms with Gasteiger partial charge in [0, 0.05) is 64.0 Å². The lowest BCUT2D eigenvalue weighted by molar-refractivity contribution is -0.142. The first-order chi connectivity index (χ1) is 24.2. The van der Waals surface area contributed by atoms with Gasteiger partial charge in [0.25, 0.3) is 11.5 Å². The highest BCUT2D eigenvalue weighted by Gasteiger charge is 2.36. The summed E-state index contributed by atoms with van der Waals surface area (Å²) < 4.78 is 7.79. The van der Waals surface area contributed by atoms with Gasteiger partial charge in [0.2, 0.25) is 0 Å². The molecular weight excluding hydrogens is 632 g/mol. The topological polar surface area (TPSA) is 116 Å². The number of hydrogen-bond donors (Lipinski definition) is 2. The number of hydrogen-bond acceptors (Lipinski definition) is 6. The van der Waals surface area contributed by atoms with Crippen LogP contribution >= 0.6 is 0 Å². The van der Waals surface area contributed by atoms with Gasteiger partial charge in [0.15, 0.2) is 6.10 Å². The molecule has 0 radical (unpaired) electrons. The quantitative estimate of drug-likeness (QED) is 0.390. The zero-order valence-corrected chi connectivity index (χ0v) is 29.4. The largest absolute Gasteiger partial charge is 0.436 e. The number of benzene rings is 2. The number of piperidine rings is 3. The molecule has 1 aromatic heterocycles. The van der Waals surface area contributed by atoms with E-state index in [0.717, 1.165) is 65.6 Å². The molecule has 0 spiro atoms. The minimum Gasteiger partial charge on any atom is -0.436 e. The third-order valence-electron chi connectivity index (χ3n) is 11.6. The number of amides is 4. The summed E-state index contributed by atoms with van der Waals surface area (Å²) in [5.41, 5.74) is 4.58. The lowest BCUT2D eigenvalue weighted by Gasteiger charge is -2.39. The highest BCUT2D eigenvalue weighted by molar-refractivity contribution is 5.91. The number of carbonyl (C=O) groups is 3. The smallest absolute Gasteiger partial charge is 0.410 e. The molecule has 7 rings (SSSR count). The first-order valence-corrected chi connectivity index (χ1v) is 18.4. The number of nitrogens with zero attached hydrogens (tertiary/aromatic N) is 4. The summed E-state index contributed by atoms with van der Waals surface area (Å²) in [5.74, 6) is 1.19. The number of nitrogens with one attached hydrogen (secondary N) is 2. The fourth-order valence-corrected chi connectivity index (χ4v) is 8.77. The maximum absolute atomic E-state index is 14.2. The molecule has 50 heavy (non-hydrogen) atoms. The Morgan fingerprint density at radius 3 is 2.32 bits per heavy atom. The average molecular weight is 683 g/mol. The summed E-state index contributed by atoms with van der Waals surface area (Å²) in [6, 6.07) is 15.2. The second kappa shape index (κ2) is 14.8. The molecule has 3 aromatic rings. The lowest BCUT2D eigenvalue weighted by Crippen LogP contribution is -2.52. The van der Waals surface area contributed by atoms with Crippen molar-refractivity contribution in [1.29, 1.82) is 0 Å². The predicted molar refractivity (Wildman–Crippen MR) is 193 cm³/mol. The molecule has 266 valence electrons. The van der Waals surface area contributed by atoms with Crippen LogP contribution in [0.4, 0.5) is 15.3 Å². The van der Waals surface area contributed by atoms with Crippen LogP contribution in [0.2, 0.25) is 0 Å². The van der Waals surface area contributed by atoms with Crippen molar-refractivity contribution in [1.82, 2.24) is 24.6 Å². The maximum Gasteiger partial charge on any atom is 0.410 e. The molecule has 0 aliphatic carbocycles. The highest BCUT2D eigenvalue weighted by atomic mass is 16.6. The molecule has 2 N–H and O–H groups in total. The van der Waals surface area contributed by atoms with Crippen molar-refractivity contribution in [2.45, 2.75) is 70.4 Å². The fraction of sp³-hybridized carbons (Fsp3) is 0.538. The summed E-state index contributed by atoms with van der Waals surface area (Å²) in [6.07, 6.45) is 5.20. The van der Waals surface area contributed by atoms with E-state index in [-0.39, 0.29) is 30.0 Å². The SMILES string of the molecule is Cc1cc(C[C@@H](OC(=O)N2CCC(N3CCc4ccccc4NC3=O)CC2)C(=O)N2CCC(C3CCNCC3)CC2)cc2ccc(=O)n(C)c12. The van der Waals surface area contributed by atoms with E-state index in [1.165, 1.54) is 12.8 Å². The Hall–Kier alpha value is -4.38. The van der Waals surface area contributed by atoms with Crippen molar-refractivity contribution >= 4 is 34.6 Å². The number of fused-ring (bicyclic) bond motifs is 2. The second-order valence-electron chi connectivity index (χ2n) is 14.7. The zero-order valence-electron chi connectivity index (χ0n) is 29.4. The van der Waals surface area contributed by atoms with E-state index < -0.39 is 12.2 Å². The van der Waals surface area contributed by atoms with Gasteiger partial charge >= 0.3 is 12.1 Å². The molecule has 0 bridgehead atoms. The Kier molecular flexibility index (Phi) is 10.1. The Morgan fingerprint density at radius 1 is 0.860 bits per heavy atom. The van der Waals surface area contributed by atoms with Crippen LogP contribution in [0.3, 0.4) is 0 Å². The first-order valence-electron chi connectivity index (χ1n) is 18.4.